The van der Waals surface area contributed by atoms with Crippen LogP contribution in [0, 0.1) is 13.8 Å². The third-order valence-corrected chi connectivity index (χ3v) is 4.44. The van der Waals surface area contributed by atoms with Crippen LogP contribution in [0.2, 0.25) is 0 Å². The lowest BCUT2D eigenvalue weighted by Gasteiger charge is -2.14. The van der Waals surface area contributed by atoms with Gasteiger partial charge in [0.05, 0.1) is 0 Å². The number of hydrogen-bond acceptors (Lipinski definition) is 0. The summed E-state index contributed by atoms with van der Waals surface area (Å²) in [5.41, 5.74) is 5.32. The zero-order valence-electron chi connectivity index (χ0n) is 12.9. The van der Waals surface area contributed by atoms with Crippen molar-refractivity contribution in [3.8, 4) is 11.1 Å². The van der Waals surface area contributed by atoms with Crippen molar-refractivity contribution in [3.63, 3.8) is 0 Å². The molecule has 106 valence electrons. The summed E-state index contributed by atoms with van der Waals surface area (Å²) >= 11 is 0. The van der Waals surface area contributed by atoms with Gasteiger partial charge in [-0.3, -0.25) is 0 Å². The van der Waals surface area contributed by atoms with Gasteiger partial charge in [-0.15, -0.1) is 0 Å². The van der Waals surface area contributed by atoms with Crippen molar-refractivity contribution in [3.05, 3.63) is 83.9 Å². The Morgan fingerprint density at radius 1 is 0.591 bits per heavy atom. The van der Waals surface area contributed by atoms with Gasteiger partial charge in [-0.25, -0.2) is 0 Å². The summed E-state index contributed by atoms with van der Waals surface area (Å²) in [6.45, 7) is 4.36. The molecule has 0 atom stereocenters. The van der Waals surface area contributed by atoms with Gasteiger partial charge in [0.25, 0.3) is 0 Å². The van der Waals surface area contributed by atoms with Crippen LogP contribution in [0.1, 0.15) is 11.1 Å². The van der Waals surface area contributed by atoms with Crippen molar-refractivity contribution in [2.24, 2.45) is 0 Å². The number of aryl methyl sites for hydroxylation is 2. The third kappa shape index (κ3) is 2.00. The lowest BCUT2D eigenvalue weighted by Crippen LogP contribution is -1.88. The first-order valence-electron chi connectivity index (χ1n) is 7.72. The summed E-state index contributed by atoms with van der Waals surface area (Å²) < 4.78 is 0. The molecule has 0 aliphatic carbocycles. The molecule has 4 rings (SSSR count). The molecule has 22 heavy (non-hydrogen) atoms. The summed E-state index contributed by atoms with van der Waals surface area (Å²) in [6, 6.07) is 26.4. The van der Waals surface area contributed by atoms with E-state index in [1.54, 1.807) is 0 Å². The molecule has 0 amide bonds. The molecule has 0 nitrogen and oxygen atoms in total. The first-order valence-corrected chi connectivity index (χ1v) is 7.72. The standard InChI is InChI=1S/C22H18/c1-15-10-12-18-7-5-9-20(21(18)14-15)22-16(2)11-13-17-6-3-4-8-19(17)22/h3-14H,1-2H3. The van der Waals surface area contributed by atoms with Gasteiger partial charge < -0.3 is 0 Å². The van der Waals surface area contributed by atoms with E-state index < -0.39 is 0 Å². The molecular weight excluding hydrogens is 264 g/mol. The van der Waals surface area contributed by atoms with Crippen molar-refractivity contribution in [1.82, 2.24) is 0 Å². The van der Waals surface area contributed by atoms with Gasteiger partial charge in [0, 0.05) is 0 Å². The molecule has 0 unspecified atom stereocenters. The molecular formula is C22H18. The maximum atomic E-state index is 2.30. The molecule has 0 N–H and O–H groups in total. The summed E-state index contributed by atoms with van der Waals surface area (Å²) in [7, 11) is 0. The van der Waals surface area contributed by atoms with Crippen molar-refractivity contribution < 1.29 is 0 Å². The predicted octanol–water partition coefficient (Wildman–Crippen LogP) is 6.28. The van der Waals surface area contributed by atoms with Gasteiger partial charge in [-0.1, -0.05) is 78.4 Å². The van der Waals surface area contributed by atoms with E-state index >= 15 is 0 Å². The maximum Gasteiger partial charge on any atom is -0.00699 e. The maximum absolute atomic E-state index is 2.30. The van der Waals surface area contributed by atoms with Gasteiger partial charge in [-0.2, -0.15) is 0 Å². The number of rotatable bonds is 1. The Morgan fingerprint density at radius 2 is 1.32 bits per heavy atom. The summed E-state index contributed by atoms with van der Waals surface area (Å²) in [5, 5.41) is 5.27. The Morgan fingerprint density at radius 3 is 2.23 bits per heavy atom. The lowest BCUT2D eigenvalue weighted by molar-refractivity contribution is 1.48. The number of fused-ring (bicyclic) bond motifs is 2. The van der Waals surface area contributed by atoms with Gasteiger partial charge in [0.15, 0.2) is 0 Å². The minimum Gasteiger partial charge on any atom is -0.0616 e. The van der Waals surface area contributed by atoms with Crippen molar-refractivity contribution in [1.29, 1.82) is 0 Å². The Kier molecular flexibility index (Phi) is 2.97. The van der Waals surface area contributed by atoms with Crippen LogP contribution in [-0.4, -0.2) is 0 Å². The molecule has 4 aromatic rings. The van der Waals surface area contributed by atoms with E-state index in [1.165, 1.54) is 43.8 Å². The van der Waals surface area contributed by atoms with Crippen LogP contribution < -0.4 is 0 Å². The average Bonchev–Trinajstić information content (AvgIpc) is 2.54. The topological polar surface area (TPSA) is 0 Å². The van der Waals surface area contributed by atoms with Crippen LogP contribution in [0.15, 0.2) is 72.8 Å². The monoisotopic (exact) mass is 282 g/mol. The molecule has 0 fully saturated rings. The van der Waals surface area contributed by atoms with Crippen LogP contribution in [0.5, 0.6) is 0 Å². The molecule has 0 saturated heterocycles. The zero-order chi connectivity index (χ0) is 15.1. The summed E-state index contributed by atoms with van der Waals surface area (Å²) in [4.78, 5) is 0. The fraction of sp³-hybridized carbons (Fsp3) is 0.0909. The van der Waals surface area contributed by atoms with Gasteiger partial charge in [0.1, 0.15) is 0 Å². The van der Waals surface area contributed by atoms with Crippen LogP contribution in [-0.2, 0) is 0 Å². The zero-order valence-corrected chi connectivity index (χ0v) is 12.9. The van der Waals surface area contributed by atoms with E-state index in [2.05, 4.69) is 86.6 Å². The first kappa shape index (κ1) is 13.1. The minimum absolute atomic E-state index is 1.30. The highest BCUT2D eigenvalue weighted by atomic mass is 14.1. The predicted molar refractivity (Wildman–Crippen MR) is 96.4 cm³/mol. The van der Waals surface area contributed by atoms with E-state index in [0.29, 0.717) is 0 Å². The van der Waals surface area contributed by atoms with Crippen LogP contribution in [0.25, 0.3) is 32.7 Å². The van der Waals surface area contributed by atoms with Gasteiger partial charge >= 0.3 is 0 Å². The molecule has 0 bridgehead atoms. The van der Waals surface area contributed by atoms with Crippen LogP contribution >= 0.6 is 0 Å². The Labute approximate surface area is 131 Å². The average molecular weight is 282 g/mol. The highest BCUT2D eigenvalue weighted by molar-refractivity contribution is 6.06. The molecule has 0 spiro atoms. The highest BCUT2D eigenvalue weighted by Gasteiger charge is 2.10. The smallest absolute Gasteiger partial charge is 0.00699 e. The number of hydrogen-bond donors (Lipinski definition) is 0. The fourth-order valence-electron chi connectivity index (χ4n) is 3.34. The van der Waals surface area contributed by atoms with E-state index in [-0.39, 0.29) is 0 Å². The minimum atomic E-state index is 1.30. The SMILES string of the molecule is Cc1ccc2cccc(-c3c(C)ccc4ccccc34)c2c1. The fourth-order valence-corrected chi connectivity index (χ4v) is 3.34. The van der Waals surface area contributed by atoms with Crippen LogP contribution in [0.3, 0.4) is 0 Å². The molecule has 0 saturated carbocycles. The summed E-state index contributed by atoms with van der Waals surface area (Å²) in [6.07, 6.45) is 0. The molecule has 4 aromatic carbocycles. The second-order valence-electron chi connectivity index (χ2n) is 6.01. The Balaban J connectivity index is 2.16. The largest absolute Gasteiger partial charge is 0.0616 e. The third-order valence-electron chi connectivity index (χ3n) is 4.44. The summed E-state index contributed by atoms with van der Waals surface area (Å²) in [5.74, 6) is 0. The normalized spacial score (nSPS) is 11.2. The molecule has 0 aliphatic rings. The van der Waals surface area contributed by atoms with Crippen LogP contribution in [0.4, 0.5) is 0 Å². The molecule has 0 radical (unpaired) electrons. The van der Waals surface area contributed by atoms with Crippen molar-refractivity contribution in [2.75, 3.05) is 0 Å². The number of benzene rings is 4. The molecule has 0 aromatic heterocycles. The molecule has 0 aliphatic heterocycles. The second kappa shape index (κ2) is 4.99. The van der Waals surface area contributed by atoms with Crippen molar-refractivity contribution >= 4 is 21.5 Å². The van der Waals surface area contributed by atoms with E-state index in [0.717, 1.165) is 0 Å². The Bertz CT molecular complexity index is 993. The van der Waals surface area contributed by atoms with Crippen molar-refractivity contribution in [2.45, 2.75) is 13.8 Å². The first-order chi connectivity index (χ1) is 10.7. The quantitative estimate of drug-likeness (QED) is 0.385. The Hall–Kier alpha value is -2.60. The van der Waals surface area contributed by atoms with Gasteiger partial charge in [0.2, 0.25) is 0 Å². The van der Waals surface area contributed by atoms with E-state index in [1.807, 2.05) is 0 Å². The van der Waals surface area contributed by atoms with Gasteiger partial charge in [-0.05, 0) is 52.1 Å². The van der Waals surface area contributed by atoms with E-state index in [9.17, 15) is 0 Å². The molecule has 0 heterocycles. The van der Waals surface area contributed by atoms with E-state index in [4.69, 9.17) is 0 Å². The molecule has 0 heteroatoms. The second-order valence-corrected chi connectivity index (χ2v) is 6.01. The highest BCUT2D eigenvalue weighted by Crippen LogP contribution is 2.36. The lowest BCUT2D eigenvalue weighted by atomic mass is 9.90.